The largest absolute Gasteiger partial charge is 0.324 e. The zero-order valence-corrected chi connectivity index (χ0v) is 14.4. The number of hydrogen-bond donors (Lipinski definition) is 1. The number of anilines is 1. The van der Waals surface area contributed by atoms with Crippen LogP contribution >= 0.6 is 0 Å². The van der Waals surface area contributed by atoms with Gasteiger partial charge in [0.1, 0.15) is 0 Å². The minimum atomic E-state index is -0.598. The van der Waals surface area contributed by atoms with Gasteiger partial charge in [0.2, 0.25) is 5.91 Å². The Balaban J connectivity index is 1.74. The highest BCUT2D eigenvalue weighted by molar-refractivity contribution is 6.02. The van der Waals surface area contributed by atoms with Crippen molar-refractivity contribution >= 4 is 22.5 Å². The van der Waals surface area contributed by atoms with Crippen molar-refractivity contribution in [3.05, 3.63) is 72.4 Å². The summed E-state index contributed by atoms with van der Waals surface area (Å²) in [5.41, 5.74) is 1.88. The maximum absolute atomic E-state index is 12.7. The molecule has 25 heavy (non-hydrogen) atoms. The van der Waals surface area contributed by atoms with Crippen LogP contribution in [0.15, 0.2) is 66.9 Å². The van der Waals surface area contributed by atoms with E-state index >= 15 is 0 Å². The lowest BCUT2D eigenvalue weighted by Gasteiger charge is -2.21. The molecule has 1 heterocycles. The fourth-order valence-electron chi connectivity index (χ4n) is 2.47. The lowest BCUT2D eigenvalue weighted by atomic mass is 9.88. The van der Waals surface area contributed by atoms with Crippen LogP contribution in [0.5, 0.6) is 0 Å². The fraction of sp³-hybridized carbons (Fsp3) is 0.182. The van der Waals surface area contributed by atoms with Gasteiger partial charge in [-0.15, -0.1) is 0 Å². The number of amides is 1. The monoisotopic (exact) mass is 328 g/mol. The third-order valence-electron chi connectivity index (χ3n) is 4.03. The van der Waals surface area contributed by atoms with E-state index in [4.69, 9.17) is 0 Å². The highest BCUT2D eigenvalue weighted by Gasteiger charge is 2.27. The zero-order valence-electron chi connectivity index (χ0n) is 14.4. The molecule has 1 amide bonds. The van der Waals surface area contributed by atoms with Crippen LogP contribution in [-0.4, -0.2) is 10.9 Å². The quantitative estimate of drug-likeness (QED) is 0.712. The van der Waals surface area contributed by atoms with Crippen LogP contribution in [0.3, 0.4) is 0 Å². The SMILES string of the molecule is CC(C)(CC#Cc1ccccc1)C(=O)Nc1cccc2cccnc12. The number of rotatable bonds is 3. The Hall–Kier alpha value is -3.12. The van der Waals surface area contributed by atoms with Gasteiger partial charge >= 0.3 is 0 Å². The van der Waals surface area contributed by atoms with E-state index in [0.717, 1.165) is 22.2 Å². The van der Waals surface area contributed by atoms with Gasteiger partial charge in [0, 0.05) is 23.6 Å². The fourth-order valence-corrected chi connectivity index (χ4v) is 2.47. The smallest absolute Gasteiger partial charge is 0.231 e. The first-order valence-electron chi connectivity index (χ1n) is 8.25. The molecule has 0 aliphatic carbocycles. The van der Waals surface area contributed by atoms with E-state index in [-0.39, 0.29) is 5.91 Å². The van der Waals surface area contributed by atoms with Crippen molar-refractivity contribution in [1.82, 2.24) is 4.98 Å². The third-order valence-corrected chi connectivity index (χ3v) is 4.03. The van der Waals surface area contributed by atoms with Crippen molar-refractivity contribution < 1.29 is 4.79 Å². The van der Waals surface area contributed by atoms with Crippen molar-refractivity contribution in [1.29, 1.82) is 0 Å². The molecule has 0 atom stereocenters. The predicted octanol–water partition coefficient (Wildman–Crippen LogP) is 4.64. The van der Waals surface area contributed by atoms with Crippen LogP contribution < -0.4 is 5.32 Å². The maximum Gasteiger partial charge on any atom is 0.231 e. The van der Waals surface area contributed by atoms with E-state index in [9.17, 15) is 4.79 Å². The lowest BCUT2D eigenvalue weighted by Crippen LogP contribution is -2.30. The molecule has 0 saturated heterocycles. The van der Waals surface area contributed by atoms with Crippen molar-refractivity contribution in [2.24, 2.45) is 5.41 Å². The lowest BCUT2D eigenvalue weighted by molar-refractivity contribution is -0.123. The van der Waals surface area contributed by atoms with Crippen LogP contribution in [-0.2, 0) is 4.79 Å². The van der Waals surface area contributed by atoms with Crippen LogP contribution in [0.1, 0.15) is 25.8 Å². The van der Waals surface area contributed by atoms with E-state index in [1.54, 1.807) is 6.20 Å². The third kappa shape index (κ3) is 4.05. The van der Waals surface area contributed by atoms with E-state index in [1.807, 2.05) is 74.5 Å². The highest BCUT2D eigenvalue weighted by atomic mass is 16.2. The van der Waals surface area contributed by atoms with Gasteiger partial charge in [-0.05, 0) is 24.3 Å². The van der Waals surface area contributed by atoms with E-state index in [0.29, 0.717) is 6.42 Å². The average molecular weight is 328 g/mol. The minimum Gasteiger partial charge on any atom is -0.324 e. The molecule has 124 valence electrons. The summed E-state index contributed by atoms with van der Waals surface area (Å²) in [7, 11) is 0. The number of para-hydroxylation sites is 1. The Bertz CT molecular complexity index is 944. The Morgan fingerprint density at radius 2 is 1.80 bits per heavy atom. The first kappa shape index (κ1) is 16.7. The Morgan fingerprint density at radius 3 is 2.60 bits per heavy atom. The van der Waals surface area contributed by atoms with Gasteiger partial charge in [-0.25, -0.2) is 0 Å². The zero-order chi connectivity index (χ0) is 17.7. The molecule has 3 heteroatoms. The molecule has 2 aromatic carbocycles. The van der Waals surface area contributed by atoms with E-state index in [1.165, 1.54) is 0 Å². The van der Waals surface area contributed by atoms with Gasteiger partial charge in [0.25, 0.3) is 0 Å². The molecular formula is C22H20N2O. The number of benzene rings is 2. The molecule has 0 saturated carbocycles. The molecule has 0 spiro atoms. The number of fused-ring (bicyclic) bond motifs is 1. The van der Waals surface area contributed by atoms with Crippen LogP contribution in [0.2, 0.25) is 0 Å². The van der Waals surface area contributed by atoms with Crippen molar-refractivity contribution in [2.75, 3.05) is 5.32 Å². The first-order chi connectivity index (χ1) is 12.1. The van der Waals surface area contributed by atoms with Gasteiger partial charge in [0.15, 0.2) is 0 Å². The number of hydrogen-bond acceptors (Lipinski definition) is 2. The van der Waals surface area contributed by atoms with Gasteiger partial charge in [-0.3, -0.25) is 9.78 Å². The summed E-state index contributed by atoms with van der Waals surface area (Å²) in [4.78, 5) is 17.1. The second-order valence-corrected chi connectivity index (χ2v) is 6.56. The number of aromatic nitrogens is 1. The van der Waals surface area contributed by atoms with Crippen molar-refractivity contribution in [3.8, 4) is 11.8 Å². The molecule has 3 aromatic rings. The summed E-state index contributed by atoms with van der Waals surface area (Å²) in [5.74, 6) is 6.16. The van der Waals surface area contributed by atoms with E-state index in [2.05, 4.69) is 22.1 Å². The molecule has 0 fully saturated rings. The van der Waals surface area contributed by atoms with Gasteiger partial charge < -0.3 is 5.32 Å². The molecule has 1 aromatic heterocycles. The molecular weight excluding hydrogens is 308 g/mol. The number of carbonyl (C=O) groups excluding carboxylic acids is 1. The summed E-state index contributed by atoms with van der Waals surface area (Å²) in [6, 6.07) is 19.4. The Morgan fingerprint density at radius 1 is 1.04 bits per heavy atom. The van der Waals surface area contributed by atoms with Crippen molar-refractivity contribution in [3.63, 3.8) is 0 Å². The van der Waals surface area contributed by atoms with Gasteiger partial charge in [0.05, 0.1) is 16.6 Å². The summed E-state index contributed by atoms with van der Waals surface area (Å²) in [6.07, 6.45) is 2.21. The minimum absolute atomic E-state index is 0.0620. The number of carbonyl (C=O) groups is 1. The Labute approximate surface area is 148 Å². The summed E-state index contributed by atoms with van der Waals surface area (Å²) < 4.78 is 0. The average Bonchev–Trinajstić information content (AvgIpc) is 2.63. The number of nitrogens with one attached hydrogen (secondary N) is 1. The van der Waals surface area contributed by atoms with Crippen LogP contribution in [0.25, 0.3) is 10.9 Å². The molecule has 0 aliphatic rings. The second-order valence-electron chi connectivity index (χ2n) is 6.56. The molecule has 0 radical (unpaired) electrons. The van der Waals surface area contributed by atoms with Gasteiger partial charge in [-0.2, -0.15) is 0 Å². The normalized spacial score (nSPS) is 10.8. The maximum atomic E-state index is 12.7. The number of nitrogens with zero attached hydrogens (tertiary/aromatic N) is 1. The standard InChI is InChI=1S/C22H20N2O/c1-22(2,15-7-11-17-9-4-3-5-10-17)21(25)24-19-14-6-12-18-13-8-16-23-20(18)19/h3-6,8-10,12-14,16H,15H2,1-2H3,(H,24,25). The first-order valence-corrected chi connectivity index (χ1v) is 8.25. The second kappa shape index (κ2) is 7.19. The molecule has 3 rings (SSSR count). The van der Waals surface area contributed by atoms with Gasteiger partial charge in [-0.1, -0.05) is 62.1 Å². The highest BCUT2D eigenvalue weighted by Crippen LogP contribution is 2.26. The van der Waals surface area contributed by atoms with Crippen molar-refractivity contribution in [2.45, 2.75) is 20.3 Å². The molecule has 1 N–H and O–H groups in total. The summed E-state index contributed by atoms with van der Waals surface area (Å²) >= 11 is 0. The number of pyridine rings is 1. The van der Waals surface area contributed by atoms with Crippen LogP contribution in [0.4, 0.5) is 5.69 Å². The molecule has 3 nitrogen and oxygen atoms in total. The summed E-state index contributed by atoms with van der Waals surface area (Å²) in [6.45, 7) is 3.81. The molecule has 0 aliphatic heterocycles. The predicted molar refractivity (Wildman–Crippen MR) is 102 cm³/mol. The van der Waals surface area contributed by atoms with E-state index < -0.39 is 5.41 Å². The topological polar surface area (TPSA) is 42.0 Å². The Kier molecular flexibility index (Phi) is 4.81. The molecule has 0 unspecified atom stereocenters. The van der Waals surface area contributed by atoms with Crippen LogP contribution in [0, 0.1) is 17.3 Å². The summed E-state index contributed by atoms with van der Waals surface area (Å²) in [5, 5.41) is 4.01. The molecule has 0 bridgehead atoms.